The quantitative estimate of drug-likeness (QED) is 0.298. The summed E-state index contributed by atoms with van der Waals surface area (Å²) in [6, 6.07) is 9.31. The summed E-state index contributed by atoms with van der Waals surface area (Å²) in [5, 5.41) is 4.36. The monoisotopic (exact) mass is 293 g/mol. The van der Waals surface area contributed by atoms with E-state index in [0.717, 1.165) is 10.9 Å². The van der Waals surface area contributed by atoms with E-state index in [1.165, 1.54) is 0 Å². The molecule has 1 heterocycles. The molecular weight excluding hydrogens is 282 g/mol. The largest absolute Gasteiger partial charge is 0.483 e. The third kappa shape index (κ3) is 3.58. The number of halogens is 1. The summed E-state index contributed by atoms with van der Waals surface area (Å²) in [4.78, 5) is 19.5. The zero-order chi connectivity index (χ0) is 14.4. The summed E-state index contributed by atoms with van der Waals surface area (Å²) in [5.74, 6) is -0.368. The van der Waals surface area contributed by atoms with Crippen LogP contribution in [0.5, 0.6) is 5.75 Å². The molecule has 0 atom stereocenters. The number of rotatable bonds is 5. The fourth-order valence-electron chi connectivity index (χ4n) is 1.50. The molecule has 7 heteroatoms. The minimum atomic E-state index is -0.679. The van der Waals surface area contributed by atoms with Crippen molar-refractivity contribution >= 4 is 34.3 Å². The van der Waals surface area contributed by atoms with Crippen LogP contribution in [0.2, 0.25) is 0 Å². The van der Waals surface area contributed by atoms with Gasteiger partial charge in [0, 0.05) is 11.6 Å². The van der Waals surface area contributed by atoms with E-state index in [1.54, 1.807) is 12.3 Å². The Morgan fingerprint density at radius 1 is 1.35 bits per heavy atom. The molecule has 2 rings (SSSR count). The van der Waals surface area contributed by atoms with Gasteiger partial charge in [-0.3, -0.25) is 4.98 Å². The highest BCUT2D eigenvalue weighted by Crippen LogP contribution is 2.22. The number of hydrogen-bond donors (Lipinski definition) is 1. The fourth-order valence-corrected chi connectivity index (χ4v) is 1.55. The van der Waals surface area contributed by atoms with Gasteiger partial charge >= 0.3 is 5.97 Å². The number of benzene rings is 1. The maximum absolute atomic E-state index is 10.8. The third-order valence-electron chi connectivity index (χ3n) is 2.35. The van der Waals surface area contributed by atoms with Crippen molar-refractivity contribution < 1.29 is 14.4 Å². The first-order valence-electron chi connectivity index (χ1n) is 5.75. The van der Waals surface area contributed by atoms with Crippen molar-refractivity contribution in [2.45, 2.75) is 0 Å². The molecule has 1 aromatic carbocycles. The first-order valence-corrected chi connectivity index (χ1v) is 6.29. The van der Waals surface area contributed by atoms with Gasteiger partial charge in [-0.25, -0.2) is 4.79 Å². The molecule has 20 heavy (non-hydrogen) atoms. The second kappa shape index (κ2) is 6.72. The minimum Gasteiger partial charge on any atom is -0.483 e. The van der Waals surface area contributed by atoms with Crippen molar-refractivity contribution in [1.29, 1.82) is 0 Å². The summed E-state index contributed by atoms with van der Waals surface area (Å²) in [6.07, 6.45) is 1.68. The number of fused-ring (bicyclic) bond motifs is 1. The van der Waals surface area contributed by atoms with Gasteiger partial charge in [0.15, 0.2) is 5.84 Å². The van der Waals surface area contributed by atoms with Gasteiger partial charge in [0.05, 0.1) is 0 Å². The standard InChI is InChI=1S/C13H12ClN3O3/c14-7-12(18)20-17-11(15)8-19-10-5-1-3-9-4-2-6-16-13(9)10/h1-6H,7-8H2,(H2,15,17). The van der Waals surface area contributed by atoms with Gasteiger partial charge in [-0.1, -0.05) is 23.4 Å². The highest BCUT2D eigenvalue weighted by Gasteiger charge is 2.05. The molecule has 0 saturated carbocycles. The van der Waals surface area contributed by atoms with Gasteiger partial charge in [0.25, 0.3) is 0 Å². The van der Waals surface area contributed by atoms with Crippen molar-refractivity contribution in [2.75, 3.05) is 12.5 Å². The highest BCUT2D eigenvalue weighted by atomic mass is 35.5. The second-order valence-corrected chi connectivity index (χ2v) is 4.07. The molecule has 6 nitrogen and oxygen atoms in total. The lowest BCUT2D eigenvalue weighted by atomic mass is 10.2. The zero-order valence-electron chi connectivity index (χ0n) is 10.5. The molecule has 104 valence electrons. The zero-order valence-corrected chi connectivity index (χ0v) is 11.2. The van der Waals surface area contributed by atoms with Crippen molar-refractivity contribution in [3.8, 4) is 5.75 Å². The molecule has 0 spiro atoms. The second-order valence-electron chi connectivity index (χ2n) is 3.80. The van der Waals surface area contributed by atoms with E-state index >= 15 is 0 Å². The van der Waals surface area contributed by atoms with E-state index in [1.807, 2.05) is 24.3 Å². The van der Waals surface area contributed by atoms with Crippen LogP contribution in [0.25, 0.3) is 10.9 Å². The summed E-state index contributed by atoms with van der Waals surface area (Å²) >= 11 is 5.25. The maximum Gasteiger partial charge on any atom is 0.349 e. The van der Waals surface area contributed by atoms with Crippen molar-refractivity contribution in [3.63, 3.8) is 0 Å². The maximum atomic E-state index is 10.8. The highest BCUT2D eigenvalue weighted by molar-refractivity contribution is 6.26. The summed E-state index contributed by atoms with van der Waals surface area (Å²) in [7, 11) is 0. The Bertz CT molecular complexity index is 640. The molecule has 0 saturated heterocycles. The average Bonchev–Trinajstić information content (AvgIpc) is 2.50. The number of carbonyl (C=O) groups excluding carboxylic acids is 1. The minimum absolute atomic E-state index is 0.0226. The van der Waals surface area contributed by atoms with Crippen LogP contribution >= 0.6 is 11.6 Å². The van der Waals surface area contributed by atoms with E-state index in [4.69, 9.17) is 22.1 Å². The van der Waals surface area contributed by atoms with Crippen LogP contribution in [0.1, 0.15) is 0 Å². The van der Waals surface area contributed by atoms with Gasteiger partial charge in [-0.2, -0.15) is 0 Å². The van der Waals surface area contributed by atoms with E-state index in [0.29, 0.717) is 5.75 Å². The molecule has 0 aliphatic carbocycles. The molecule has 0 fully saturated rings. The van der Waals surface area contributed by atoms with Crippen LogP contribution in [0.3, 0.4) is 0 Å². The van der Waals surface area contributed by atoms with Gasteiger partial charge in [-0.05, 0) is 12.1 Å². The Hall–Kier alpha value is -2.34. The number of ether oxygens (including phenoxy) is 1. The number of nitrogens with two attached hydrogens (primary N) is 1. The Balaban J connectivity index is 2.04. The third-order valence-corrected chi connectivity index (χ3v) is 2.56. The number of oxime groups is 1. The van der Waals surface area contributed by atoms with Crippen molar-refractivity contribution in [1.82, 2.24) is 4.98 Å². The predicted molar refractivity (Wildman–Crippen MR) is 75.7 cm³/mol. The predicted octanol–water partition coefficient (Wildman–Crippen LogP) is 1.67. The number of para-hydroxylation sites is 1. The molecule has 0 unspecified atom stereocenters. The van der Waals surface area contributed by atoms with Gasteiger partial charge < -0.3 is 15.3 Å². The number of hydrogen-bond acceptors (Lipinski definition) is 5. The summed E-state index contributed by atoms with van der Waals surface area (Å²) in [6.45, 7) is -0.0226. The molecule has 1 aromatic heterocycles. The number of aromatic nitrogens is 1. The van der Waals surface area contributed by atoms with Crippen LogP contribution in [0.4, 0.5) is 0 Å². The van der Waals surface area contributed by atoms with E-state index < -0.39 is 5.97 Å². The Labute approximate surface area is 120 Å². The number of alkyl halides is 1. The van der Waals surface area contributed by atoms with Gasteiger partial charge in [0.1, 0.15) is 23.8 Å². The van der Waals surface area contributed by atoms with Crippen molar-refractivity contribution in [3.05, 3.63) is 36.5 Å². The van der Waals surface area contributed by atoms with Crippen LogP contribution in [0.15, 0.2) is 41.7 Å². The van der Waals surface area contributed by atoms with Crippen molar-refractivity contribution in [2.24, 2.45) is 10.9 Å². The first kappa shape index (κ1) is 14.1. The topological polar surface area (TPSA) is 86.8 Å². The van der Waals surface area contributed by atoms with E-state index in [2.05, 4.69) is 15.0 Å². The van der Waals surface area contributed by atoms with Crippen LogP contribution < -0.4 is 10.5 Å². The van der Waals surface area contributed by atoms with Gasteiger partial charge in [0.2, 0.25) is 0 Å². The molecule has 2 N–H and O–H groups in total. The lowest BCUT2D eigenvalue weighted by Gasteiger charge is -2.07. The Kier molecular flexibility index (Phi) is 4.73. The van der Waals surface area contributed by atoms with Crippen LogP contribution in [-0.4, -0.2) is 29.3 Å². The summed E-state index contributed by atoms with van der Waals surface area (Å²) < 4.78 is 5.50. The summed E-state index contributed by atoms with van der Waals surface area (Å²) in [5.41, 5.74) is 6.28. The Morgan fingerprint density at radius 3 is 2.95 bits per heavy atom. The van der Waals surface area contributed by atoms with E-state index in [-0.39, 0.29) is 18.3 Å². The van der Waals surface area contributed by atoms with E-state index in [9.17, 15) is 4.79 Å². The lowest BCUT2D eigenvalue weighted by Crippen LogP contribution is -2.22. The Morgan fingerprint density at radius 2 is 2.15 bits per heavy atom. The molecule has 0 aliphatic rings. The normalized spacial score (nSPS) is 11.3. The number of nitrogens with zero attached hydrogens (tertiary/aromatic N) is 2. The molecule has 0 radical (unpaired) electrons. The fraction of sp³-hybridized carbons (Fsp3) is 0.154. The van der Waals surface area contributed by atoms with Gasteiger partial charge in [-0.15, -0.1) is 11.6 Å². The SMILES string of the molecule is N/C(COc1cccc2cccnc12)=N\OC(=O)CCl. The average molecular weight is 294 g/mol. The lowest BCUT2D eigenvalue weighted by molar-refractivity contribution is -0.140. The van der Waals surface area contributed by atoms with Crippen LogP contribution in [0, 0.1) is 0 Å². The molecule has 2 aromatic rings. The molecule has 0 amide bonds. The smallest absolute Gasteiger partial charge is 0.349 e. The molecule has 0 aliphatic heterocycles. The molecule has 0 bridgehead atoms. The first-order chi connectivity index (χ1) is 9.70. The molecular formula is C13H12ClN3O3. The number of amidine groups is 1. The number of carbonyl (C=O) groups is 1. The number of pyridine rings is 1. The van der Waals surface area contributed by atoms with Crippen LogP contribution in [-0.2, 0) is 9.63 Å².